The second kappa shape index (κ2) is 8.05. The van der Waals surface area contributed by atoms with Gasteiger partial charge in [0.2, 0.25) is 5.91 Å². The van der Waals surface area contributed by atoms with E-state index in [2.05, 4.69) is 10.6 Å². The van der Waals surface area contributed by atoms with E-state index in [-0.39, 0.29) is 24.3 Å². The summed E-state index contributed by atoms with van der Waals surface area (Å²) in [4.78, 5) is 22.2. The predicted octanol–water partition coefficient (Wildman–Crippen LogP) is -0.0180. The Labute approximate surface area is 107 Å². The molecule has 1 aliphatic rings. The van der Waals surface area contributed by atoms with Gasteiger partial charge in [0.25, 0.3) is 0 Å². The summed E-state index contributed by atoms with van der Waals surface area (Å²) < 4.78 is 5.43. The topological polar surface area (TPSA) is 87.7 Å². The molecule has 0 aromatic carbocycles. The Morgan fingerprint density at radius 2 is 2.33 bits per heavy atom. The third-order valence-electron chi connectivity index (χ3n) is 3.05. The van der Waals surface area contributed by atoms with E-state index < -0.39 is 5.97 Å². The fourth-order valence-electron chi connectivity index (χ4n) is 1.90. The molecule has 1 fully saturated rings. The number of amides is 1. The van der Waals surface area contributed by atoms with E-state index in [9.17, 15) is 9.59 Å². The molecule has 0 aliphatic carbocycles. The molecular formula is C12H22N2O4. The normalized spacial score (nSPS) is 21.3. The van der Waals surface area contributed by atoms with Gasteiger partial charge in [0, 0.05) is 26.1 Å². The van der Waals surface area contributed by atoms with Crippen molar-refractivity contribution in [3.05, 3.63) is 0 Å². The van der Waals surface area contributed by atoms with Crippen LogP contribution >= 0.6 is 0 Å². The van der Waals surface area contributed by atoms with Crippen LogP contribution in [0.1, 0.15) is 26.2 Å². The second-order valence-corrected chi connectivity index (χ2v) is 4.58. The molecular weight excluding hydrogens is 236 g/mol. The maximum absolute atomic E-state index is 11.7. The molecule has 0 radical (unpaired) electrons. The molecule has 1 rings (SSSR count). The van der Waals surface area contributed by atoms with Gasteiger partial charge in [-0.05, 0) is 5.92 Å². The molecule has 3 N–H and O–H groups in total. The summed E-state index contributed by atoms with van der Waals surface area (Å²) in [6.07, 6.45) is 1.10. The Bertz CT molecular complexity index is 277. The zero-order chi connectivity index (χ0) is 13.4. The first-order valence-corrected chi connectivity index (χ1v) is 6.42. The van der Waals surface area contributed by atoms with E-state index in [1.807, 2.05) is 6.92 Å². The lowest BCUT2D eigenvalue weighted by Gasteiger charge is -2.23. The number of carbonyl (C=O) groups excluding carboxylic acids is 1. The molecule has 6 nitrogen and oxygen atoms in total. The molecule has 0 aromatic heterocycles. The average Bonchev–Trinajstić information content (AvgIpc) is 2.35. The molecule has 18 heavy (non-hydrogen) atoms. The Morgan fingerprint density at radius 1 is 1.56 bits per heavy atom. The van der Waals surface area contributed by atoms with Crippen LogP contribution in [0.15, 0.2) is 0 Å². The van der Waals surface area contributed by atoms with E-state index in [1.165, 1.54) is 0 Å². The number of rotatable bonds is 7. The fraction of sp³-hybridized carbons (Fsp3) is 0.833. The van der Waals surface area contributed by atoms with Crippen molar-refractivity contribution in [2.45, 2.75) is 32.3 Å². The van der Waals surface area contributed by atoms with Crippen LogP contribution in [0.4, 0.5) is 0 Å². The molecule has 0 saturated carbocycles. The highest BCUT2D eigenvalue weighted by molar-refractivity contribution is 5.76. The number of nitrogens with one attached hydrogen (secondary N) is 2. The predicted molar refractivity (Wildman–Crippen MR) is 66.3 cm³/mol. The molecule has 104 valence electrons. The van der Waals surface area contributed by atoms with Crippen molar-refractivity contribution in [1.29, 1.82) is 0 Å². The van der Waals surface area contributed by atoms with Crippen molar-refractivity contribution < 1.29 is 19.4 Å². The molecule has 0 bridgehead atoms. The first-order chi connectivity index (χ1) is 8.61. The Hall–Kier alpha value is -1.14. The maximum atomic E-state index is 11.7. The Morgan fingerprint density at radius 3 is 2.89 bits per heavy atom. The molecule has 6 heteroatoms. The van der Waals surface area contributed by atoms with Gasteiger partial charge >= 0.3 is 5.97 Å². The van der Waals surface area contributed by atoms with Crippen molar-refractivity contribution >= 4 is 11.9 Å². The number of morpholine rings is 1. The van der Waals surface area contributed by atoms with Crippen LogP contribution in [0, 0.1) is 5.92 Å². The number of carboxylic acids is 1. The standard InChI is InChI=1S/C12H22N2O4/c1-2-9(5-12(16)17)7-14-11(15)6-10-8-13-3-4-18-10/h9-10,13H,2-8H2,1H3,(H,14,15)(H,16,17). The average molecular weight is 258 g/mol. The summed E-state index contributed by atoms with van der Waals surface area (Å²) in [6.45, 7) is 4.50. The van der Waals surface area contributed by atoms with Crippen molar-refractivity contribution in [2.75, 3.05) is 26.2 Å². The lowest BCUT2D eigenvalue weighted by atomic mass is 10.0. The lowest BCUT2D eigenvalue weighted by Crippen LogP contribution is -2.42. The number of ether oxygens (including phenoxy) is 1. The molecule has 1 heterocycles. The van der Waals surface area contributed by atoms with Gasteiger partial charge in [0.05, 0.1) is 19.1 Å². The van der Waals surface area contributed by atoms with E-state index in [0.29, 0.717) is 26.1 Å². The van der Waals surface area contributed by atoms with Gasteiger partial charge < -0.3 is 20.5 Å². The second-order valence-electron chi connectivity index (χ2n) is 4.58. The minimum absolute atomic E-state index is 0.00292. The molecule has 1 aliphatic heterocycles. The quantitative estimate of drug-likeness (QED) is 0.597. The Kier molecular flexibility index (Phi) is 6.67. The van der Waals surface area contributed by atoms with Gasteiger partial charge in [0.15, 0.2) is 0 Å². The number of hydrogen-bond acceptors (Lipinski definition) is 4. The van der Waals surface area contributed by atoms with Crippen LogP contribution in [0.3, 0.4) is 0 Å². The first kappa shape index (κ1) is 14.9. The number of carbonyl (C=O) groups is 2. The Balaban J connectivity index is 2.20. The van der Waals surface area contributed by atoms with Gasteiger partial charge in [0.1, 0.15) is 0 Å². The largest absolute Gasteiger partial charge is 0.481 e. The van der Waals surface area contributed by atoms with Crippen LogP contribution in [0.25, 0.3) is 0 Å². The summed E-state index contributed by atoms with van der Waals surface area (Å²) >= 11 is 0. The van der Waals surface area contributed by atoms with Crippen LogP contribution < -0.4 is 10.6 Å². The third kappa shape index (κ3) is 5.97. The van der Waals surface area contributed by atoms with Gasteiger partial charge in [-0.1, -0.05) is 13.3 Å². The van der Waals surface area contributed by atoms with E-state index in [4.69, 9.17) is 9.84 Å². The van der Waals surface area contributed by atoms with Gasteiger partial charge in [-0.2, -0.15) is 0 Å². The van der Waals surface area contributed by atoms with Crippen molar-refractivity contribution in [3.63, 3.8) is 0 Å². The summed E-state index contributed by atoms with van der Waals surface area (Å²) in [6, 6.07) is 0. The van der Waals surface area contributed by atoms with Gasteiger partial charge in [-0.25, -0.2) is 0 Å². The zero-order valence-electron chi connectivity index (χ0n) is 10.8. The van der Waals surface area contributed by atoms with Gasteiger partial charge in [-0.3, -0.25) is 9.59 Å². The minimum Gasteiger partial charge on any atom is -0.481 e. The number of carboxylic acid groups (broad SMARTS) is 1. The SMILES string of the molecule is CCC(CNC(=O)CC1CNCCO1)CC(=O)O. The monoisotopic (exact) mass is 258 g/mol. The fourth-order valence-corrected chi connectivity index (χ4v) is 1.90. The molecule has 0 aromatic rings. The summed E-state index contributed by atoms with van der Waals surface area (Å²) in [5.74, 6) is -0.902. The minimum atomic E-state index is -0.823. The molecule has 1 amide bonds. The van der Waals surface area contributed by atoms with Crippen molar-refractivity contribution in [2.24, 2.45) is 5.92 Å². The van der Waals surface area contributed by atoms with Crippen LogP contribution in [-0.2, 0) is 14.3 Å². The van der Waals surface area contributed by atoms with E-state index in [1.54, 1.807) is 0 Å². The molecule has 2 atom stereocenters. The summed E-state index contributed by atoms with van der Waals surface area (Å²) in [5.41, 5.74) is 0. The lowest BCUT2D eigenvalue weighted by molar-refractivity contribution is -0.138. The smallest absolute Gasteiger partial charge is 0.303 e. The zero-order valence-corrected chi connectivity index (χ0v) is 10.8. The molecule has 1 saturated heterocycles. The van der Waals surface area contributed by atoms with Crippen molar-refractivity contribution in [3.8, 4) is 0 Å². The highest BCUT2D eigenvalue weighted by Gasteiger charge is 2.18. The van der Waals surface area contributed by atoms with Crippen molar-refractivity contribution in [1.82, 2.24) is 10.6 Å². The highest BCUT2D eigenvalue weighted by atomic mass is 16.5. The third-order valence-corrected chi connectivity index (χ3v) is 3.05. The van der Waals surface area contributed by atoms with Crippen LogP contribution in [-0.4, -0.2) is 49.3 Å². The first-order valence-electron chi connectivity index (χ1n) is 6.42. The molecule has 2 unspecified atom stereocenters. The van der Waals surface area contributed by atoms with E-state index in [0.717, 1.165) is 13.0 Å². The summed E-state index contributed by atoms with van der Waals surface area (Å²) in [7, 11) is 0. The van der Waals surface area contributed by atoms with E-state index >= 15 is 0 Å². The number of aliphatic carboxylic acids is 1. The summed E-state index contributed by atoms with van der Waals surface area (Å²) in [5, 5.41) is 14.6. The van der Waals surface area contributed by atoms with Crippen LogP contribution in [0.5, 0.6) is 0 Å². The van der Waals surface area contributed by atoms with Crippen LogP contribution in [0.2, 0.25) is 0 Å². The molecule has 0 spiro atoms. The number of hydrogen-bond donors (Lipinski definition) is 3. The van der Waals surface area contributed by atoms with Gasteiger partial charge in [-0.15, -0.1) is 0 Å². The maximum Gasteiger partial charge on any atom is 0.303 e. The highest BCUT2D eigenvalue weighted by Crippen LogP contribution is 2.07.